The zero-order chi connectivity index (χ0) is 20.3. The number of ether oxygens (including phenoxy) is 2. The Morgan fingerprint density at radius 2 is 1.58 bits per heavy atom. The lowest BCUT2D eigenvalue weighted by atomic mass is 10.1. The summed E-state index contributed by atoms with van der Waals surface area (Å²) in [5.74, 6) is 0.745. The van der Waals surface area contributed by atoms with Gasteiger partial charge < -0.3 is 19.7 Å². The number of amides is 2. The highest BCUT2D eigenvalue weighted by atomic mass is 16.6. The van der Waals surface area contributed by atoms with Crippen LogP contribution in [0.2, 0.25) is 0 Å². The molecule has 0 aromatic heterocycles. The number of rotatable bonds is 10. The first-order valence-corrected chi connectivity index (χ1v) is 9.85. The zero-order valence-electron chi connectivity index (χ0n) is 18.1. The van der Waals surface area contributed by atoms with Gasteiger partial charge in [-0.25, -0.2) is 9.59 Å². The highest BCUT2D eigenvalue weighted by Gasteiger charge is 2.22. The smallest absolute Gasteiger partial charge is 0.409 e. The van der Waals surface area contributed by atoms with Crippen LogP contribution in [0.5, 0.6) is 0 Å². The third-order valence-electron chi connectivity index (χ3n) is 3.46. The Kier molecular flexibility index (Phi) is 11.3. The Balaban J connectivity index is 4.72. The Hall–Kier alpha value is -1.46. The molecule has 0 fully saturated rings. The lowest BCUT2D eigenvalue weighted by molar-refractivity contribution is 0.0440. The van der Waals surface area contributed by atoms with Gasteiger partial charge in [-0.1, -0.05) is 47.5 Å². The molecular weight excluding hydrogens is 332 g/mol. The number of carbonyl (C=O) groups excluding carboxylic acids is 2. The summed E-state index contributed by atoms with van der Waals surface area (Å²) >= 11 is 0. The van der Waals surface area contributed by atoms with E-state index in [1.165, 1.54) is 0 Å². The van der Waals surface area contributed by atoms with Gasteiger partial charge in [0.05, 0.1) is 6.04 Å². The Morgan fingerprint density at radius 3 is 2.00 bits per heavy atom. The number of carbonyl (C=O) groups is 2. The van der Waals surface area contributed by atoms with Gasteiger partial charge in [-0.2, -0.15) is 0 Å². The maximum absolute atomic E-state index is 12.5. The van der Waals surface area contributed by atoms with E-state index in [0.717, 1.165) is 19.3 Å². The third-order valence-corrected chi connectivity index (χ3v) is 3.46. The molecule has 26 heavy (non-hydrogen) atoms. The van der Waals surface area contributed by atoms with Crippen molar-refractivity contribution in [2.24, 2.45) is 11.8 Å². The van der Waals surface area contributed by atoms with E-state index in [-0.39, 0.29) is 18.7 Å². The second-order valence-corrected chi connectivity index (χ2v) is 8.75. The number of alkyl carbamates (subject to hydrolysis) is 1. The molecule has 0 saturated carbocycles. The van der Waals surface area contributed by atoms with Gasteiger partial charge in [0.2, 0.25) is 0 Å². The normalized spacial score (nSPS) is 12.8. The average Bonchev–Trinajstić information content (AvgIpc) is 2.46. The van der Waals surface area contributed by atoms with E-state index in [1.54, 1.807) is 4.90 Å². The number of nitrogens with one attached hydrogen (secondary N) is 1. The molecule has 0 bridgehead atoms. The van der Waals surface area contributed by atoms with Crippen molar-refractivity contribution >= 4 is 12.2 Å². The Morgan fingerprint density at radius 1 is 1.04 bits per heavy atom. The molecule has 6 heteroatoms. The lowest BCUT2D eigenvalue weighted by Crippen LogP contribution is -2.44. The van der Waals surface area contributed by atoms with Crippen LogP contribution in [0.1, 0.15) is 74.7 Å². The average molecular weight is 373 g/mol. The summed E-state index contributed by atoms with van der Waals surface area (Å²) in [4.78, 5) is 26.2. The first-order chi connectivity index (χ1) is 11.9. The highest BCUT2D eigenvalue weighted by molar-refractivity contribution is 5.69. The largest absolute Gasteiger partial charge is 0.447 e. The van der Waals surface area contributed by atoms with Gasteiger partial charge >= 0.3 is 12.2 Å². The maximum atomic E-state index is 12.5. The van der Waals surface area contributed by atoms with Crippen molar-refractivity contribution in [2.75, 3.05) is 19.7 Å². The number of unbranched alkanes of at least 4 members (excludes halogenated alkanes) is 1. The van der Waals surface area contributed by atoms with Gasteiger partial charge in [-0.3, -0.25) is 0 Å². The Labute approximate surface area is 160 Å². The van der Waals surface area contributed by atoms with E-state index in [0.29, 0.717) is 24.9 Å². The molecule has 0 saturated heterocycles. The lowest BCUT2D eigenvalue weighted by Gasteiger charge is -2.27. The fourth-order valence-electron chi connectivity index (χ4n) is 2.49. The molecule has 0 rings (SSSR count). The SMILES string of the molecule is CCCC[C@H](COC(=O)N(CC(C)C)CC(C)C)NC(=O)OC(C)(C)C. The molecule has 1 atom stereocenters. The van der Waals surface area contributed by atoms with Crippen LogP contribution in [0, 0.1) is 11.8 Å². The molecular formula is C20H40N2O4. The van der Waals surface area contributed by atoms with Gasteiger partial charge in [-0.05, 0) is 39.0 Å². The molecule has 0 radical (unpaired) electrons. The van der Waals surface area contributed by atoms with Crippen LogP contribution >= 0.6 is 0 Å². The second-order valence-electron chi connectivity index (χ2n) is 8.75. The Bertz CT molecular complexity index is 407. The van der Waals surface area contributed by atoms with Gasteiger partial charge in [0.25, 0.3) is 0 Å². The van der Waals surface area contributed by atoms with Crippen LogP contribution in [-0.2, 0) is 9.47 Å². The minimum atomic E-state index is -0.554. The van der Waals surface area contributed by atoms with Crippen LogP contribution < -0.4 is 5.32 Å². The van der Waals surface area contributed by atoms with Crippen molar-refractivity contribution in [2.45, 2.75) is 86.3 Å². The monoisotopic (exact) mass is 372 g/mol. The van der Waals surface area contributed by atoms with E-state index in [4.69, 9.17) is 9.47 Å². The molecule has 6 nitrogen and oxygen atoms in total. The first-order valence-electron chi connectivity index (χ1n) is 9.85. The van der Waals surface area contributed by atoms with Crippen molar-refractivity contribution in [3.63, 3.8) is 0 Å². The van der Waals surface area contributed by atoms with Gasteiger partial charge in [0.1, 0.15) is 12.2 Å². The van der Waals surface area contributed by atoms with Crippen molar-refractivity contribution < 1.29 is 19.1 Å². The molecule has 154 valence electrons. The van der Waals surface area contributed by atoms with E-state index < -0.39 is 11.7 Å². The van der Waals surface area contributed by atoms with Crippen LogP contribution in [0.25, 0.3) is 0 Å². The van der Waals surface area contributed by atoms with Gasteiger partial charge in [0, 0.05) is 13.1 Å². The summed E-state index contributed by atoms with van der Waals surface area (Å²) in [6.45, 7) is 17.4. The molecule has 0 spiro atoms. The second kappa shape index (κ2) is 12.0. The van der Waals surface area contributed by atoms with Crippen molar-refractivity contribution in [1.29, 1.82) is 0 Å². The van der Waals surface area contributed by atoms with E-state index in [2.05, 4.69) is 39.9 Å². The predicted octanol–water partition coefficient (Wildman–Crippen LogP) is 4.82. The van der Waals surface area contributed by atoms with Crippen molar-refractivity contribution in [1.82, 2.24) is 10.2 Å². The molecule has 1 N–H and O–H groups in total. The molecule has 2 amide bonds. The van der Waals surface area contributed by atoms with Crippen LogP contribution in [0.4, 0.5) is 9.59 Å². The summed E-state index contributed by atoms with van der Waals surface area (Å²) in [5.41, 5.74) is -0.554. The molecule has 0 unspecified atom stereocenters. The molecule has 0 aliphatic carbocycles. The van der Waals surface area contributed by atoms with Crippen LogP contribution in [0.3, 0.4) is 0 Å². The molecule has 0 aromatic rings. The quantitative estimate of drug-likeness (QED) is 0.597. The summed E-state index contributed by atoms with van der Waals surface area (Å²) in [6, 6.07) is -0.242. The topological polar surface area (TPSA) is 67.9 Å². The van der Waals surface area contributed by atoms with Gasteiger partial charge in [-0.15, -0.1) is 0 Å². The zero-order valence-corrected chi connectivity index (χ0v) is 18.1. The summed E-state index contributed by atoms with van der Waals surface area (Å²) in [7, 11) is 0. The molecule has 0 aliphatic heterocycles. The standard InChI is InChI=1S/C20H40N2O4/c1-9-10-11-17(21-18(23)26-20(6,7)8)14-25-19(24)22(12-15(2)3)13-16(4)5/h15-17H,9-14H2,1-8H3,(H,21,23)/t17-/m1/s1. The number of hydrogen-bond acceptors (Lipinski definition) is 4. The minimum absolute atomic E-state index is 0.158. The molecule has 0 heterocycles. The van der Waals surface area contributed by atoms with E-state index in [9.17, 15) is 9.59 Å². The fourth-order valence-corrected chi connectivity index (χ4v) is 2.49. The van der Waals surface area contributed by atoms with E-state index >= 15 is 0 Å². The van der Waals surface area contributed by atoms with Crippen molar-refractivity contribution in [3.05, 3.63) is 0 Å². The van der Waals surface area contributed by atoms with Crippen LogP contribution in [0.15, 0.2) is 0 Å². The number of hydrogen-bond donors (Lipinski definition) is 1. The highest BCUT2D eigenvalue weighted by Crippen LogP contribution is 2.10. The van der Waals surface area contributed by atoms with Crippen molar-refractivity contribution in [3.8, 4) is 0 Å². The van der Waals surface area contributed by atoms with Gasteiger partial charge in [0.15, 0.2) is 0 Å². The third kappa shape index (κ3) is 12.8. The first kappa shape index (κ1) is 24.5. The van der Waals surface area contributed by atoms with Crippen LogP contribution in [-0.4, -0.2) is 48.4 Å². The minimum Gasteiger partial charge on any atom is -0.447 e. The summed E-state index contributed by atoms with van der Waals surface area (Å²) < 4.78 is 10.8. The fraction of sp³-hybridized carbons (Fsp3) is 0.900. The summed E-state index contributed by atoms with van der Waals surface area (Å²) in [5, 5.41) is 2.83. The van der Waals surface area contributed by atoms with E-state index in [1.807, 2.05) is 20.8 Å². The summed E-state index contributed by atoms with van der Waals surface area (Å²) in [6.07, 6.45) is 1.90. The predicted molar refractivity (Wildman–Crippen MR) is 105 cm³/mol. The number of nitrogens with zero attached hydrogens (tertiary/aromatic N) is 1. The maximum Gasteiger partial charge on any atom is 0.409 e. The molecule has 0 aromatic carbocycles. The molecule has 0 aliphatic rings.